The number of carbonyl (C=O) groups is 1. The molecule has 2 heterocycles. The van der Waals surface area contributed by atoms with E-state index in [4.69, 9.17) is 9.15 Å². The van der Waals surface area contributed by atoms with Crippen LogP contribution in [0.2, 0.25) is 0 Å². The van der Waals surface area contributed by atoms with Crippen molar-refractivity contribution in [3.8, 4) is 5.75 Å². The Kier molecular flexibility index (Phi) is 3.05. The van der Waals surface area contributed by atoms with Gasteiger partial charge in [0, 0.05) is 24.4 Å². The summed E-state index contributed by atoms with van der Waals surface area (Å²) >= 11 is 0. The Morgan fingerprint density at radius 1 is 1.27 bits per heavy atom. The number of fused-ring (bicyclic) bond motifs is 3. The first kappa shape index (κ1) is 14.0. The van der Waals surface area contributed by atoms with Gasteiger partial charge in [-0.25, -0.2) is 4.79 Å². The van der Waals surface area contributed by atoms with Crippen LogP contribution >= 0.6 is 0 Å². The molecule has 3 aromatic rings. The fraction of sp³-hybridized carbons (Fsp3) is 0.200. The number of aromatic amines is 1. The Morgan fingerprint density at radius 3 is 2.64 bits per heavy atom. The highest BCUT2D eigenvalue weighted by Gasteiger charge is 2.19. The maximum absolute atomic E-state index is 12.6. The van der Waals surface area contributed by atoms with E-state index in [-0.39, 0.29) is 16.7 Å². The Labute approximate surface area is 123 Å². The number of benzene rings is 1. The molecule has 2 aromatic heterocycles. The number of rotatable bonds is 2. The van der Waals surface area contributed by atoms with Crippen molar-refractivity contribution in [1.82, 2.24) is 10.2 Å². The number of Topliss-reactive ketones (excluding diaryl/α,β-unsaturated/α-hetero) is 1. The largest absolute Gasteiger partial charge is 0.494 e. The molecule has 3 rings (SSSR count). The molecule has 0 fully saturated rings. The van der Waals surface area contributed by atoms with Crippen LogP contribution in [0.1, 0.15) is 23.0 Å². The molecule has 0 spiro atoms. The summed E-state index contributed by atoms with van der Waals surface area (Å²) in [4.78, 5) is 35.7. The normalized spacial score (nSPS) is 11.0. The quantitative estimate of drug-likeness (QED) is 0.437. The zero-order valence-electron chi connectivity index (χ0n) is 12.1. The van der Waals surface area contributed by atoms with E-state index in [0.29, 0.717) is 22.2 Å². The number of methoxy groups -OCH3 is 1. The van der Waals surface area contributed by atoms with Crippen LogP contribution in [0.5, 0.6) is 5.75 Å². The molecule has 0 radical (unpaired) electrons. The topological polar surface area (TPSA) is 102 Å². The van der Waals surface area contributed by atoms with Crippen LogP contribution in [-0.4, -0.2) is 23.1 Å². The third-order valence-corrected chi connectivity index (χ3v) is 3.47. The van der Waals surface area contributed by atoms with Crippen molar-refractivity contribution >= 4 is 27.7 Å². The van der Waals surface area contributed by atoms with Crippen LogP contribution in [0, 0.1) is 6.92 Å². The molecule has 0 amide bonds. The van der Waals surface area contributed by atoms with Gasteiger partial charge >= 0.3 is 5.63 Å². The molecule has 1 aromatic carbocycles. The van der Waals surface area contributed by atoms with Crippen molar-refractivity contribution in [2.45, 2.75) is 13.8 Å². The molecular formula is C15H12N2O5. The summed E-state index contributed by atoms with van der Waals surface area (Å²) in [6.45, 7) is 2.96. The van der Waals surface area contributed by atoms with Crippen molar-refractivity contribution in [2.75, 3.05) is 7.11 Å². The fourth-order valence-corrected chi connectivity index (χ4v) is 2.51. The van der Waals surface area contributed by atoms with Gasteiger partial charge in [0.05, 0.1) is 12.5 Å². The van der Waals surface area contributed by atoms with Gasteiger partial charge in [-0.05, 0) is 12.5 Å². The first-order chi connectivity index (χ1) is 10.4. The zero-order valence-corrected chi connectivity index (χ0v) is 12.1. The van der Waals surface area contributed by atoms with Crippen LogP contribution < -0.4 is 15.8 Å². The first-order valence-electron chi connectivity index (χ1n) is 6.48. The van der Waals surface area contributed by atoms with Crippen molar-refractivity contribution in [3.05, 3.63) is 44.0 Å². The fourth-order valence-electron chi connectivity index (χ4n) is 2.51. The van der Waals surface area contributed by atoms with E-state index in [0.717, 1.165) is 0 Å². The maximum Gasteiger partial charge on any atom is 0.336 e. The van der Waals surface area contributed by atoms with Gasteiger partial charge in [-0.15, -0.1) is 0 Å². The number of ketones is 1. The predicted octanol–water partition coefficient (Wildman–Crippen LogP) is 1.55. The smallest absolute Gasteiger partial charge is 0.336 e. The molecule has 112 valence electrons. The monoisotopic (exact) mass is 300 g/mol. The summed E-state index contributed by atoms with van der Waals surface area (Å²) in [5.41, 5.74) is -0.106. The summed E-state index contributed by atoms with van der Waals surface area (Å²) in [7, 11) is 1.42. The number of H-pyrrole nitrogens is 1. The van der Waals surface area contributed by atoms with Gasteiger partial charge in [0.2, 0.25) is 5.43 Å². The van der Waals surface area contributed by atoms with Crippen molar-refractivity contribution in [2.24, 2.45) is 0 Å². The number of hydrogen-bond donors (Lipinski definition) is 1. The number of hydrogen-bond acceptors (Lipinski definition) is 6. The minimum atomic E-state index is -0.526. The summed E-state index contributed by atoms with van der Waals surface area (Å²) < 4.78 is 10.4. The molecule has 22 heavy (non-hydrogen) atoms. The van der Waals surface area contributed by atoms with Gasteiger partial charge in [-0.1, -0.05) is 0 Å². The van der Waals surface area contributed by atoms with Crippen LogP contribution in [0.15, 0.2) is 26.1 Å². The highest BCUT2D eigenvalue weighted by molar-refractivity contribution is 6.09. The van der Waals surface area contributed by atoms with Crippen molar-refractivity contribution < 1.29 is 13.9 Å². The first-order valence-corrected chi connectivity index (χ1v) is 6.48. The molecular weight excluding hydrogens is 288 g/mol. The van der Waals surface area contributed by atoms with Crippen molar-refractivity contribution in [3.63, 3.8) is 0 Å². The van der Waals surface area contributed by atoms with E-state index in [1.54, 1.807) is 6.92 Å². The molecule has 0 saturated heterocycles. The lowest BCUT2D eigenvalue weighted by atomic mass is 10.0. The standard InChI is InChI=1S/C15H12N2O5/c1-6-4-10(19)22-8-5-9(21-3)14-12(11(6)8)15(20)13(7(2)18)16-17-14/h4-5H,1-3H3,(H,17,20). The van der Waals surface area contributed by atoms with Crippen molar-refractivity contribution in [1.29, 1.82) is 0 Å². The van der Waals surface area contributed by atoms with Crippen LogP contribution in [0.25, 0.3) is 21.9 Å². The number of nitrogens with zero attached hydrogens (tertiary/aromatic N) is 1. The van der Waals surface area contributed by atoms with Crippen LogP contribution in [-0.2, 0) is 0 Å². The predicted molar refractivity (Wildman–Crippen MR) is 79.7 cm³/mol. The third-order valence-electron chi connectivity index (χ3n) is 3.47. The second-order valence-electron chi connectivity index (χ2n) is 4.91. The highest BCUT2D eigenvalue weighted by atomic mass is 16.5. The van der Waals surface area contributed by atoms with Gasteiger partial charge in [0.15, 0.2) is 11.5 Å². The molecule has 7 nitrogen and oxygen atoms in total. The Hall–Kier alpha value is -2.96. The molecule has 7 heteroatoms. The molecule has 0 aliphatic rings. The number of ether oxygens (including phenoxy) is 1. The summed E-state index contributed by atoms with van der Waals surface area (Å²) in [5.74, 6) is -0.148. The second kappa shape index (κ2) is 4.80. The lowest BCUT2D eigenvalue weighted by Gasteiger charge is -2.09. The van der Waals surface area contributed by atoms with Crippen LogP contribution in [0.3, 0.4) is 0 Å². The molecule has 1 N–H and O–H groups in total. The number of nitrogens with one attached hydrogen (secondary N) is 1. The summed E-state index contributed by atoms with van der Waals surface area (Å²) in [6.07, 6.45) is 0. The number of aromatic nitrogens is 2. The average molecular weight is 300 g/mol. The van der Waals surface area contributed by atoms with Gasteiger partial charge in [-0.2, -0.15) is 5.10 Å². The third kappa shape index (κ3) is 1.90. The van der Waals surface area contributed by atoms with E-state index in [2.05, 4.69) is 10.2 Å². The second-order valence-corrected chi connectivity index (χ2v) is 4.91. The summed E-state index contributed by atoms with van der Waals surface area (Å²) in [6, 6.07) is 2.80. The van der Waals surface area contributed by atoms with E-state index in [1.165, 1.54) is 26.2 Å². The zero-order chi connectivity index (χ0) is 16.0. The van der Waals surface area contributed by atoms with Crippen LogP contribution in [0.4, 0.5) is 0 Å². The molecule has 0 bridgehead atoms. The van der Waals surface area contributed by atoms with Gasteiger partial charge in [0.25, 0.3) is 0 Å². The maximum atomic E-state index is 12.6. The Morgan fingerprint density at radius 2 is 2.00 bits per heavy atom. The SMILES string of the molecule is COc1cc2oc(=O)cc(C)c2c2c(=O)c(C(C)=O)n[nH]c12. The van der Waals surface area contributed by atoms with E-state index in [9.17, 15) is 14.4 Å². The van der Waals surface area contributed by atoms with E-state index < -0.39 is 16.8 Å². The van der Waals surface area contributed by atoms with E-state index in [1.807, 2.05) is 0 Å². The van der Waals surface area contributed by atoms with Gasteiger partial charge < -0.3 is 9.15 Å². The van der Waals surface area contributed by atoms with Gasteiger partial charge in [0.1, 0.15) is 16.8 Å². The Balaban J connectivity index is 2.69. The number of aryl methyl sites for hydroxylation is 1. The molecule has 0 aliphatic carbocycles. The number of carbonyl (C=O) groups excluding carboxylic acids is 1. The highest BCUT2D eigenvalue weighted by Crippen LogP contribution is 2.31. The molecule has 0 saturated carbocycles. The van der Waals surface area contributed by atoms with E-state index >= 15 is 0 Å². The Bertz CT molecular complexity index is 1050. The lowest BCUT2D eigenvalue weighted by Crippen LogP contribution is -2.18. The molecule has 0 unspecified atom stereocenters. The minimum Gasteiger partial charge on any atom is -0.494 e. The summed E-state index contributed by atoms with van der Waals surface area (Å²) in [5, 5.41) is 7.17. The minimum absolute atomic E-state index is 0.201. The molecule has 0 atom stereocenters. The lowest BCUT2D eigenvalue weighted by molar-refractivity contribution is 0.101. The molecule has 0 aliphatic heterocycles. The average Bonchev–Trinajstić information content (AvgIpc) is 2.45. The van der Waals surface area contributed by atoms with Gasteiger partial charge in [-0.3, -0.25) is 14.7 Å².